The molecule has 98 valence electrons. The Morgan fingerprint density at radius 1 is 0.476 bits per heavy atom. The maximum absolute atomic E-state index is 2.34. The van der Waals surface area contributed by atoms with Crippen molar-refractivity contribution in [2.24, 2.45) is 0 Å². The molecule has 0 amide bonds. The molecule has 1 aromatic heterocycles. The predicted octanol–water partition coefficient (Wildman–Crippen LogP) is 6.36. The first-order valence-corrected chi connectivity index (χ1v) is 7.94. The molecule has 0 fully saturated rings. The molecule has 4 aromatic carbocycles. The molecule has 0 radical (unpaired) electrons. The van der Waals surface area contributed by atoms with Gasteiger partial charge < -0.3 is 0 Å². The van der Waals surface area contributed by atoms with E-state index < -0.39 is 0 Å². The predicted molar refractivity (Wildman–Crippen MR) is 94.3 cm³/mol. The lowest BCUT2D eigenvalue weighted by molar-refractivity contribution is 1.80. The third-order valence-corrected chi connectivity index (χ3v) is 5.33. The fourth-order valence-electron chi connectivity index (χ4n) is 3.16. The van der Waals surface area contributed by atoms with Gasteiger partial charge in [-0.15, -0.1) is 11.3 Å². The summed E-state index contributed by atoms with van der Waals surface area (Å²) in [5, 5.41) is 8.01. The zero-order valence-corrected chi connectivity index (χ0v) is 12.2. The molecule has 0 N–H and O–H groups in total. The zero-order valence-electron chi connectivity index (χ0n) is 11.3. The molecule has 1 heterocycles. The van der Waals surface area contributed by atoms with Gasteiger partial charge in [-0.3, -0.25) is 0 Å². The molecule has 0 saturated heterocycles. The van der Waals surface area contributed by atoms with Crippen molar-refractivity contribution in [1.82, 2.24) is 0 Å². The Morgan fingerprint density at radius 3 is 1.95 bits per heavy atom. The highest BCUT2D eigenvalue weighted by Crippen LogP contribution is 2.37. The standard InChI is InChI=1S/C20H12S/c1-2-6-14-10-16-12-20-18(11-15(16)9-13(14)5-1)17-7-3-4-8-19(17)21-20/h1-12H. The summed E-state index contributed by atoms with van der Waals surface area (Å²) >= 11 is 1.88. The van der Waals surface area contributed by atoms with Gasteiger partial charge in [0.1, 0.15) is 0 Å². The molecule has 0 atom stereocenters. The van der Waals surface area contributed by atoms with E-state index in [4.69, 9.17) is 0 Å². The third-order valence-electron chi connectivity index (χ3n) is 4.20. The largest absolute Gasteiger partial charge is 0.135 e. The van der Waals surface area contributed by atoms with E-state index in [0.717, 1.165) is 0 Å². The molecule has 5 aromatic rings. The second-order valence-corrected chi connectivity index (χ2v) is 6.58. The van der Waals surface area contributed by atoms with E-state index in [1.807, 2.05) is 11.3 Å². The van der Waals surface area contributed by atoms with Gasteiger partial charge in [0.05, 0.1) is 0 Å². The summed E-state index contributed by atoms with van der Waals surface area (Å²) in [5.41, 5.74) is 0. The average molecular weight is 284 g/mol. The van der Waals surface area contributed by atoms with Crippen LogP contribution in [0.1, 0.15) is 0 Å². The maximum Gasteiger partial charge on any atom is 0.0361 e. The molecular weight excluding hydrogens is 272 g/mol. The van der Waals surface area contributed by atoms with Gasteiger partial charge >= 0.3 is 0 Å². The van der Waals surface area contributed by atoms with Crippen molar-refractivity contribution in [3.63, 3.8) is 0 Å². The molecule has 0 bridgehead atoms. The van der Waals surface area contributed by atoms with Crippen LogP contribution < -0.4 is 0 Å². The summed E-state index contributed by atoms with van der Waals surface area (Å²) in [7, 11) is 0. The normalized spacial score (nSPS) is 11.8. The molecule has 1 heteroatoms. The minimum atomic E-state index is 1.31. The van der Waals surface area contributed by atoms with Gasteiger partial charge in [-0.25, -0.2) is 0 Å². The Balaban J connectivity index is 1.99. The third kappa shape index (κ3) is 1.61. The second-order valence-electron chi connectivity index (χ2n) is 5.49. The first-order valence-electron chi connectivity index (χ1n) is 7.12. The van der Waals surface area contributed by atoms with E-state index in [1.54, 1.807) is 0 Å². The van der Waals surface area contributed by atoms with Gasteiger partial charge in [0.15, 0.2) is 0 Å². The Hall–Kier alpha value is -2.38. The van der Waals surface area contributed by atoms with Gasteiger partial charge in [-0.2, -0.15) is 0 Å². The van der Waals surface area contributed by atoms with Crippen LogP contribution in [0.4, 0.5) is 0 Å². The molecule has 0 saturated carbocycles. The monoisotopic (exact) mass is 284 g/mol. The highest BCUT2D eigenvalue weighted by atomic mass is 32.1. The van der Waals surface area contributed by atoms with Gasteiger partial charge in [0.2, 0.25) is 0 Å². The van der Waals surface area contributed by atoms with Gasteiger partial charge in [0, 0.05) is 20.2 Å². The molecule has 0 aliphatic heterocycles. The molecule has 0 aliphatic carbocycles. The van der Waals surface area contributed by atoms with Crippen LogP contribution in [0.2, 0.25) is 0 Å². The van der Waals surface area contributed by atoms with Crippen molar-refractivity contribution >= 4 is 53.1 Å². The van der Waals surface area contributed by atoms with Gasteiger partial charge in [0.25, 0.3) is 0 Å². The summed E-state index contributed by atoms with van der Waals surface area (Å²) < 4.78 is 2.74. The number of hydrogen-bond acceptors (Lipinski definition) is 1. The van der Waals surface area contributed by atoms with E-state index in [-0.39, 0.29) is 0 Å². The summed E-state index contributed by atoms with van der Waals surface area (Å²) in [4.78, 5) is 0. The first-order chi connectivity index (χ1) is 10.4. The Kier molecular flexibility index (Phi) is 2.18. The maximum atomic E-state index is 2.34. The Labute approximate surface area is 126 Å². The van der Waals surface area contributed by atoms with Crippen LogP contribution in [0.3, 0.4) is 0 Å². The molecule has 5 rings (SSSR count). The van der Waals surface area contributed by atoms with Crippen molar-refractivity contribution in [2.75, 3.05) is 0 Å². The number of benzene rings is 4. The summed E-state index contributed by atoms with van der Waals surface area (Å²) in [6.45, 7) is 0. The molecule has 0 nitrogen and oxygen atoms in total. The van der Waals surface area contributed by atoms with E-state index in [1.165, 1.54) is 41.7 Å². The van der Waals surface area contributed by atoms with Crippen molar-refractivity contribution < 1.29 is 0 Å². The highest BCUT2D eigenvalue weighted by Gasteiger charge is 2.06. The fourth-order valence-corrected chi connectivity index (χ4v) is 4.30. The summed E-state index contributed by atoms with van der Waals surface area (Å²) in [6, 6.07) is 26.5. The molecule has 0 unspecified atom stereocenters. The van der Waals surface area contributed by atoms with Gasteiger partial charge in [-0.1, -0.05) is 42.5 Å². The summed E-state index contributed by atoms with van der Waals surface area (Å²) in [6.07, 6.45) is 0. The van der Waals surface area contributed by atoms with Crippen LogP contribution in [0, 0.1) is 0 Å². The van der Waals surface area contributed by atoms with Crippen molar-refractivity contribution in [3.05, 3.63) is 72.8 Å². The highest BCUT2D eigenvalue weighted by molar-refractivity contribution is 7.25. The van der Waals surface area contributed by atoms with Crippen LogP contribution >= 0.6 is 11.3 Å². The zero-order chi connectivity index (χ0) is 13.8. The average Bonchev–Trinajstić information content (AvgIpc) is 2.88. The first kappa shape index (κ1) is 11.3. The van der Waals surface area contributed by atoms with Gasteiger partial charge in [-0.05, 0) is 51.9 Å². The number of fused-ring (bicyclic) bond motifs is 5. The molecular formula is C20H12S. The van der Waals surface area contributed by atoms with Crippen LogP contribution in [0.25, 0.3) is 41.7 Å². The van der Waals surface area contributed by atoms with E-state index in [2.05, 4.69) is 72.8 Å². The lowest BCUT2D eigenvalue weighted by Crippen LogP contribution is -1.76. The second kappa shape index (κ2) is 4.06. The smallest absolute Gasteiger partial charge is 0.0361 e. The minimum absolute atomic E-state index is 1.31. The van der Waals surface area contributed by atoms with E-state index >= 15 is 0 Å². The van der Waals surface area contributed by atoms with Crippen LogP contribution in [-0.4, -0.2) is 0 Å². The quantitative estimate of drug-likeness (QED) is 0.290. The molecule has 21 heavy (non-hydrogen) atoms. The van der Waals surface area contributed by atoms with Crippen LogP contribution in [-0.2, 0) is 0 Å². The number of rotatable bonds is 0. The Bertz CT molecular complexity index is 1130. The summed E-state index contributed by atoms with van der Waals surface area (Å²) in [5.74, 6) is 0. The van der Waals surface area contributed by atoms with Crippen molar-refractivity contribution in [2.45, 2.75) is 0 Å². The van der Waals surface area contributed by atoms with Crippen molar-refractivity contribution in [1.29, 1.82) is 0 Å². The van der Waals surface area contributed by atoms with Crippen LogP contribution in [0.15, 0.2) is 72.8 Å². The number of hydrogen-bond donors (Lipinski definition) is 0. The van der Waals surface area contributed by atoms with Crippen molar-refractivity contribution in [3.8, 4) is 0 Å². The molecule has 0 spiro atoms. The fraction of sp³-hybridized carbons (Fsp3) is 0. The van der Waals surface area contributed by atoms with Crippen LogP contribution in [0.5, 0.6) is 0 Å². The van der Waals surface area contributed by atoms with E-state index in [9.17, 15) is 0 Å². The lowest BCUT2D eigenvalue weighted by Gasteiger charge is -2.03. The minimum Gasteiger partial charge on any atom is -0.135 e. The number of thiophene rings is 1. The topological polar surface area (TPSA) is 0 Å². The molecule has 0 aliphatic rings. The SMILES string of the molecule is c1ccc2cc3cc4c(cc3cc2c1)sc1ccccc14. The Morgan fingerprint density at radius 2 is 1.14 bits per heavy atom. The lowest BCUT2D eigenvalue weighted by atomic mass is 10.0. The van der Waals surface area contributed by atoms with E-state index in [0.29, 0.717) is 0 Å².